The molecule has 0 spiro atoms. The van der Waals surface area contributed by atoms with Gasteiger partial charge in [-0.25, -0.2) is 0 Å². The van der Waals surface area contributed by atoms with Gasteiger partial charge in [0.05, 0.1) is 31.3 Å². The summed E-state index contributed by atoms with van der Waals surface area (Å²) in [5, 5.41) is 12.2. The van der Waals surface area contributed by atoms with E-state index in [4.69, 9.17) is 9.47 Å². The van der Waals surface area contributed by atoms with Crippen LogP contribution in [-0.4, -0.2) is 42.9 Å². The molecule has 2 unspecified atom stereocenters. The first-order valence-electron chi connectivity index (χ1n) is 6.86. The number of amides is 1. The van der Waals surface area contributed by atoms with Crippen LogP contribution in [0.5, 0.6) is 0 Å². The van der Waals surface area contributed by atoms with Gasteiger partial charge < -0.3 is 19.9 Å². The molecule has 0 aromatic heterocycles. The number of hydrogen-bond acceptors (Lipinski definition) is 5. The molecule has 0 radical (unpaired) electrons. The molecular formula is C15H21NO5. The number of ether oxygens (including phenoxy) is 2. The lowest BCUT2D eigenvalue weighted by Gasteiger charge is -2.27. The molecule has 116 valence electrons. The highest BCUT2D eigenvalue weighted by Gasteiger charge is 2.53. The van der Waals surface area contributed by atoms with E-state index < -0.39 is 17.5 Å². The maximum atomic E-state index is 12.0. The number of nitrogens with one attached hydrogen (secondary N) is 1. The van der Waals surface area contributed by atoms with Crippen LogP contribution in [0.3, 0.4) is 0 Å². The van der Waals surface area contributed by atoms with Crippen molar-refractivity contribution in [1.29, 1.82) is 0 Å². The molecule has 1 fully saturated rings. The number of rotatable bonds is 3. The van der Waals surface area contributed by atoms with Crippen LogP contribution in [0.1, 0.15) is 20.3 Å². The molecule has 21 heavy (non-hydrogen) atoms. The van der Waals surface area contributed by atoms with Crippen molar-refractivity contribution in [3.05, 3.63) is 23.9 Å². The Bertz CT molecular complexity index is 512. The van der Waals surface area contributed by atoms with Crippen molar-refractivity contribution >= 4 is 11.9 Å². The average Bonchev–Trinajstić information content (AvgIpc) is 2.80. The molecule has 4 atom stereocenters. The number of aliphatic hydroxyl groups is 1. The van der Waals surface area contributed by atoms with Gasteiger partial charge in [0.1, 0.15) is 0 Å². The van der Waals surface area contributed by atoms with E-state index in [9.17, 15) is 14.7 Å². The summed E-state index contributed by atoms with van der Waals surface area (Å²) in [7, 11) is 1.32. The van der Waals surface area contributed by atoms with Gasteiger partial charge in [0.25, 0.3) is 5.91 Å². The summed E-state index contributed by atoms with van der Waals surface area (Å²) in [6.45, 7) is 7.02. The Balaban J connectivity index is 2.26. The van der Waals surface area contributed by atoms with E-state index >= 15 is 0 Å². The van der Waals surface area contributed by atoms with E-state index in [1.54, 1.807) is 19.9 Å². The fraction of sp³-hybridized carbons (Fsp3) is 0.600. The zero-order valence-corrected chi connectivity index (χ0v) is 12.5. The van der Waals surface area contributed by atoms with Gasteiger partial charge in [0.2, 0.25) is 0 Å². The van der Waals surface area contributed by atoms with Crippen LogP contribution in [-0.2, 0) is 19.1 Å². The van der Waals surface area contributed by atoms with Crippen LogP contribution in [0.15, 0.2) is 23.9 Å². The first-order chi connectivity index (χ1) is 9.83. The van der Waals surface area contributed by atoms with Gasteiger partial charge in [-0.15, -0.1) is 0 Å². The third kappa shape index (κ3) is 2.61. The van der Waals surface area contributed by atoms with Crippen LogP contribution in [0.25, 0.3) is 0 Å². The van der Waals surface area contributed by atoms with Gasteiger partial charge in [-0.3, -0.25) is 9.59 Å². The van der Waals surface area contributed by atoms with E-state index in [0.29, 0.717) is 17.7 Å². The SMILES string of the molecule is C=C1NC(=O)C(C)=CC1[C@H]1CC(C)(C(=O)OC)[C@@H](CO)O1. The number of methoxy groups -OCH3 is 1. The molecular weight excluding hydrogens is 274 g/mol. The van der Waals surface area contributed by atoms with Crippen molar-refractivity contribution in [2.75, 3.05) is 13.7 Å². The molecule has 1 amide bonds. The summed E-state index contributed by atoms with van der Waals surface area (Å²) in [5.41, 5.74) is 0.224. The molecule has 2 aliphatic heterocycles. The summed E-state index contributed by atoms with van der Waals surface area (Å²) in [6, 6.07) is 0. The summed E-state index contributed by atoms with van der Waals surface area (Å²) >= 11 is 0. The Morgan fingerprint density at radius 1 is 1.67 bits per heavy atom. The highest BCUT2D eigenvalue weighted by atomic mass is 16.5. The van der Waals surface area contributed by atoms with E-state index in [0.717, 1.165) is 0 Å². The minimum absolute atomic E-state index is 0.177. The molecule has 6 heteroatoms. The average molecular weight is 295 g/mol. The lowest BCUT2D eigenvalue weighted by atomic mass is 9.79. The maximum Gasteiger partial charge on any atom is 0.314 e. The molecule has 2 N–H and O–H groups in total. The Labute approximate surface area is 123 Å². The minimum Gasteiger partial charge on any atom is -0.469 e. The van der Waals surface area contributed by atoms with Gasteiger partial charge in [-0.1, -0.05) is 12.7 Å². The summed E-state index contributed by atoms with van der Waals surface area (Å²) in [4.78, 5) is 23.6. The van der Waals surface area contributed by atoms with Crippen LogP contribution in [0.4, 0.5) is 0 Å². The summed E-state index contributed by atoms with van der Waals surface area (Å²) in [6.07, 6.45) is 1.22. The van der Waals surface area contributed by atoms with Crippen LogP contribution < -0.4 is 5.32 Å². The van der Waals surface area contributed by atoms with Crippen molar-refractivity contribution in [2.24, 2.45) is 11.3 Å². The monoisotopic (exact) mass is 295 g/mol. The first kappa shape index (κ1) is 15.7. The minimum atomic E-state index is -0.905. The second kappa shape index (κ2) is 5.61. The van der Waals surface area contributed by atoms with Crippen LogP contribution in [0.2, 0.25) is 0 Å². The predicted octanol–water partition coefficient (Wildman–Crippen LogP) is 0.521. The van der Waals surface area contributed by atoms with Gasteiger partial charge in [0, 0.05) is 17.2 Å². The van der Waals surface area contributed by atoms with Crippen molar-refractivity contribution in [2.45, 2.75) is 32.5 Å². The zero-order chi connectivity index (χ0) is 15.8. The fourth-order valence-electron chi connectivity index (χ4n) is 2.97. The van der Waals surface area contributed by atoms with Crippen molar-refractivity contribution in [3.8, 4) is 0 Å². The summed E-state index contributed by atoms with van der Waals surface area (Å²) < 4.78 is 10.7. The molecule has 2 heterocycles. The van der Waals surface area contributed by atoms with E-state index in [-0.39, 0.29) is 24.5 Å². The molecule has 0 aromatic rings. The maximum absolute atomic E-state index is 12.0. The Hall–Kier alpha value is -1.66. The van der Waals surface area contributed by atoms with Crippen molar-refractivity contribution in [3.63, 3.8) is 0 Å². The lowest BCUT2D eigenvalue weighted by Crippen LogP contribution is -2.39. The Kier molecular flexibility index (Phi) is 4.20. The van der Waals surface area contributed by atoms with E-state index in [1.165, 1.54) is 7.11 Å². The predicted molar refractivity (Wildman–Crippen MR) is 75.0 cm³/mol. The number of esters is 1. The third-order valence-corrected chi connectivity index (χ3v) is 4.36. The highest BCUT2D eigenvalue weighted by Crippen LogP contribution is 2.43. The topological polar surface area (TPSA) is 84.9 Å². The van der Waals surface area contributed by atoms with E-state index in [1.807, 2.05) is 0 Å². The van der Waals surface area contributed by atoms with Crippen LogP contribution in [0, 0.1) is 11.3 Å². The zero-order valence-electron chi connectivity index (χ0n) is 12.5. The molecule has 2 rings (SSSR count). The van der Waals surface area contributed by atoms with Crippen molar-refractivity contribution < 1.29 is 24.2 Å². The second-order valence-corrected chi connectivity index (χ2v) is 5.81. The lowest BCUT2D eigenvalue weighted by molar-refractivity contribution is -0.156. The summed E-state index contributed by atoms with van der Waals surface area (Å²) in [5.74, 6) is -0.804. The largest absolute Gasteiger partial charge is 0.469 e. The molecule has 1 saturated heterocycles. The second-order valence-electron chi connectivity index (χ2n) is 5.81. The normalized spacial score (nSPS) is 36.2. The number of carbonyl (C=O) groups excluding carboxylic acids is 2. The number of hydrogen-bond donors (Lipinski definition) is 2. The van der Waals surface area contributed by atoms with Gasteiger partial charge in [-0.2, -0.15) is 0 Å². The Morgan fingerprint density at radius 2 is 2.33 bits per heavy atom. The Morgan fingerprint density at radius 3 is 2.90 bits per heavy atom. The van der Waals surface area contributed by atoms with Gasteiger partial charge in [0.15, 0.2) is 0 Å². The van der Waals surface area contributed by atoms with E-state index in [2.05, 4.69) is 11.9 Å². The molecule has 0 aromatic carbocycles. The van der Waals surface area contributed by atoms with Crippen LogP contribution >= 0.6 is 0 Å². The number of aliphatic hydroxyl groups excluding tert-OH is 1. The standard InChI is InChI=1S/C15H21NO5/c1-8-5-10(9(2)16-13(8)18)11-6-15(3,14(19)20-4)12(7-17)21-11/h5,10-12,17H,2,6-7H2,1,3-4H3,(H,16,18)/t10?,11-,12-,15?/m1/s1. The molecule has 6 nitrogen and oxygen atoms in total. The van der Waals surface area contributed by atoms with Gasteiger partial charge in [-0.05, 0) is 20.3 Å². The number of carbonyl (C=O) groups is 2. The molecule has 2 aliphatic rings. The molecule has 0 aliphatic carbocycles. The van der Waals surface area contributed by atoms with Gasteiger partial charge >= 0.3 is 5.97 Å². The smallest absolute Gasteiger partial charge is 0.314 e. The fourth-order valence-corrected chi connectivity index (χ4v) is 2.97. The highest BCUT2D eigenvalue weighted by molar-refractivity contribution is 5.95. The quantitative estimate of drug-likeness (QED) is 0.742. The molecule has 0 bridgehead atoms. The first-order valence-corrected chi connectivity index (χ1v) is 6.86. The third-order valence-electron chi connectivity index (χ3n) is 4.36. The molecule has 0 saturated carbocycles. The van der Waals surface area contributed by atoms with Crippen molar-refractivity contribution in [1.82, 2.24) is 5.32 Å².